The number of phenols is 1. The Bertz CT molecular complexity index is 1150. The van der Waals surface area contributed by atoms with E-state index in [2.05, 4.69) is 16.7 Å². The van der Waals surface area contributed by atoms with Crippen LogP contribution in [0.15, 0.2) is 66.7 Å². The van der Waals surface area contributed by atoms with Gasteiger partial charge < -0.3 is 25.2 Å². The Hall–Kier alpha value is -2.86. The van der Waals surface area contributed by atoms with Crippen molar-refractivity contribution in [3.05, 3.63) is 93.5 Å². The molecule has 2 aliphatic rings. The van der Waals surface area contributed by atoms with Crippen molar-refractivity contribution in [2.45, 2.75) is 12.2 Å². The molecule has 2 atom stereocenters. The van der Waals surface area contributed by atoms with Crippen LogP contribution in [0.3, 0.4) is 0 Å². The van der Waals surface area contributed by atoms with Gasteiger partial charge in [0.05, 0.1) is 5.56 Å². The Morgan fingerprint density at radius 3 is 2.63 bits per heavy atom. The van der Waals surface area contributed by atoms with Gasteiger partial charge in [0.2, 0.25) is 6.79 Å². The van der Waals surface area contributed by atoms with Crippen molar-refractivity contribution in [3.8, 4) is 17.2 Å². The molecule has 0 amide bonds. The fourth-order valence-electron chi connectivity index (χ4n) is 3.83. The number of hydrogen-bond acceptors (Lipinski definition) is 4. The molecule has 7 heteroatoms. The van der Waals surface area contributed by atoms with Crippen LogP contribution in [-0.4, -0.2) is 11.9 Å². The maximum atomic E-state index is 10.5. The van der Waals surface area contributed by atoms with E-state index in [1.165, 1.54) is 0 Å². The molecule has 2 aliphatic heterocycles. The fraction of sp³-hybridized carbons (Fsp3) is 0.130. The van der Waals surface area contributed by atoms with Gasteiger partial charge in [-0.1, -0.05) is 35.3 Å². The molecule has 0 bridgehead atoms. The zero-order chi connectivity index (χ0) is 20.7. The zero-order valence-electron chi connectivity index (χ0n) is 15.8. The number of phenolic OH excluding ortho intramolecular Hbond substituents is 1. The van der Waals surface area contributed by atoms with E-state index in [0.29, 0.717) is 15.8 Å². The Balaban J connectivity index is 1.58. The number of rotatable bonds is 3. The molecule has 3 aromatic rings. The summed E-state index contributed by atoms with van der Waals surface area (Å²) in [6.07, 6.45) is 1.96. The molecule has 5 rings (SSSR count). The molecule has 2 unspecified atom stereocenters. The molecule has 4 N–H and O–H groups in total. The Kier molecular flexibility index (Phi) is 4.95. The van der Waals surface area contributed by atoms with Gasteiger partial charge in [-0.25, -0.2) is 0 Å². The van der Waals surface area contributed by atoms with Crippen molar-refractivity contribution in [1.29, 1.82) is 0 Å². The number of benzene rings is 3. The average Bonchev–Trinajstić information content (AvgIpc) is 3.23. The number of ether oxygens (including phenoxy) is 2. The first kappa shape index (κ1) is 19.1. The van der Waals surface area contributed by atoms with Gasteiger partial charge in [-0.15, -0.1) is 0 Å². The number of fused-ring (bicyclic) bond motifs is 1. The minimum absolute atomic E-state index is 0.113. The van der Waals surface area contributed by atoms with Gasteiger partial charge in [0, 0.05) is 32.9 Å². The molecule has 0 spiro atoms. The van der Waals surface area contributed by atoms with Gasteiger partial charge >= 0.3 is 0 Å². The molecule has 0 aliphatic carbocycles. The molecular weight excluding hydrogens is 423 g/mol. The quantitative estimate of drug-likeness (QED) is 0.564. The van der Waals surface area contributed by atoms with Crippen LogP contribution in [-0.2, 0) is 0 Å². The average molecular weight is 442 g/mol. The third-order valence-corrected chi connectivity index (χ3v) is 5.77. The van der Waals surface area contributed by atoms with Crippen molar-refractivity contribution < 1.29 is 19.9 Å². The van der Waals surface area contributed by atoms with E-state index in [1.54, 1.807) is 18.2 Å². The summed E-state index contributed by atoms with van der Waals surface area (Å²) in [4.78, 5) is 0. The van der Waals surface area contributed by atoms with Crippen LogP contribution in [0.25, 0.3) is 5.70 Å². The largest absolute Gasteiger partial charge is 0.507 e. The van der Waals surface area contributed by atoms with Crippen LogP contribution in [0, 0.1) is 0 Å². The smallest absolute Gasteiger partial charge is 0.231 e. The lowest BCUT2D eigenvalue weighted by atomic mass is 9.97. The lowest BCUT2D eigenvalue weighted by molar-refractivity contribution is -0.731. The summed E-state index contributed by atoms with van der Waals surface area (Å²) in [7, 11) is 0. The summed E-state index contributed by atoms with van der Waals surface area (Å²) >= 11 is 12.5. The number of hydrogen-bond donors (Lipinski definition) is 3. The van der Waals surface area contributed by atoms with Crippen LogP contribution < -0.4 is 20.1 Å². The van der Waals surface area contributed by atoms with Crippen LogP contribution in [0.2, 0.25) is 10.0 Å². The molecule has 30 heavy (non-hydrogen) atoms. The molecule has 152 valence electrons. The monoisotopic (exact) mass is 441 g/mol. The Morgan fingerprint density at radius 1 is 0.933 bits per heavy atom. The maximum absolute atomic E-state index is 10.5. The van der Waals surface area contributed by atoms with E-state index in [0.717, 1.165) is 28.1 Å². The highest BCUT2D eigenvalue weighted by molar-refractivity contribution is 6.31. The van der Waals surface area contributed by atoms with Crippen LogP contribution in [0.4, 0.5) is 0 Å². The highest BCUT2D eigenvalue weighted by atomic mass is 35.5. The SMILES string of the molecule is Oc1ccc(Cl)cc1C1C=C(c2ccc3c(c2)OCO3)NC(c2cccc(Cl)c2)[NH2+]1. The summed E-state index contributed by atoms with van der Waals surface area (Å²) < 4.78 is 11.0. The number of aromatic hydroxyl groups is 1. The maximum Gasteiger partial charge on any atom is 0.231 e. The number of halogens is 2. The normalized spacial score (nSPS) is 19.9. The Labute approximate surface area is 183 Å². The van der Waals surface area contributed by atoms with E-state index in [4.69, 9.17) is 32.7 Å². The molecule has 2 heterocycles. The van der Waals surface area contributed by atoms with Gasteiger partial charge in [0.15, 0.2) is 17.7 Å². The number of nitrogens with two attached hydrogens (primary N) is 1. The van der Waals surface area contributed by atoms with Crippen LogP contribution in [0.5, 0.6) is 17.2 Å². The first-order chi connectivity index (χ1) is 14.6. The van der Waals surface area contributed by atoms with E-state index in [9.17, 15) is 5.11 Å². The summed E-state index contributed by atoms with van der Waals surface area (Å²) in [6.45, 7) is 0.225. The lowest BCUT2D eigenvalue weighted by Gasteiger charge is -2.30. The molecule has 0 fully saturated rings. The van der Waals surface area contributed by atoms with Crippen molar-refractivity contribution in [3.63, 3.8) is 0 Å². The number of quaternary nitrogens is 1. The summed E-state index contributed by atoms with van der Waals surface area (Å²) in [5.74, 6) is 1.65. The molecule has 0 radical (unpaired) electrons. The van der Waals surface area contributed by atoms with E-state index < -0.39 is 0 Å². The molecular formula is C23H19Cl2N2O3+. The standard InChI is InChI=1S/C23H18Cl2N2O3/c24-15-3-1-2-14(8-15)23-26-18(13-4-7-21-22(9-13)30-12-29-21)11-19(27-23)17-10-16(25)5-6-20(17)28/h1-11,19,23,26-28H,12H2/p+1. The minimum atomic E-state index is -0.158. The topological polar surface area (TPSA) is 67.3 Å². The Morgan fingerprint density at radius 2 is 1.77 bits per heavy atom. The van der Waals surface area contributed by atoms with Gasteiger partial charge in [-0.05, 0) is 48.5 Å². The van der Waals surface area contributed by atoms with E-state index in [-0.39, 0.29) is 24.8 Å². The predicted octanol–water partition coefficient (Wildman–Crippen LogP) is 4.38. The van der Waals surface area contributed by atoms with Crippen molar-refractivity contribution in [2.24, 2.45) is 0 Å². The summed E-state index contributed by atoms with van der Waals surface area (Å²) in [5.41, 5.74) is 3.66. The van der Waals surface area contributed by atoms with Gasteiger partial charge in [-0.2, -0.15) is 0 Å². The highest BCUT2D eigenvalue weighted by Gasteiger charge is 2.30. The second kappa shape index (κ2) is 7.76. The summed E-state index contributed by atoms with van der Waals surface area (Å²) in [5, 5.41) is 17.4. The second-order valence-electron chi connectivity index (χ2n) is 7.25. The molecule has 0 saturated heterocycles. The van der Waals surface area contributed by atoms with Crippen molar-refractivity contribution in [1.82, 2.24) is 5.32 Å². The second-order valence-corrected chi connectivity index (χ2v) is 8.12. The predicted molar refractivity (Wildman–Crippen MR) is 116 cm³/mol. The zero-order valence-corrected chi connectivity index (χ0v) is 17.3. The fourth-order valence-corrected chi connectivity index (χ4v) is 4.21. The van der Waals surface area contributed by atoms with Gasteiger partial charge in [0.1, 0.15) is 11.8 Å². The van der Waals surface area contributed by atoms with E-state index in [1.807, 2.05) is 42.5 Å². The van der Waals surface area contributed by atoms with Gasteiger partial charge in [0.25, 0.3) is 0 Å². The van der Waals surface area contributed by atoms with Gasteiger partial charge in [-0.3, -0.25) is 0 Å². The molecule has 3 aromatic carbocycles. The third-order valence-electron chi connectivity index (χ3n) is 5.30. The minimum Gasteiger partial charge on any atom is -0.507 e. The van der Waals surface area contributed by atoms with E-state index >= 15 is 0 Å². The first-order valence-electron chi connectivity index (χ1n) is 9.54. The molecule has 5 nitrogen and oxygen atoms in total. The van der Waals surface area contributed by atoms with Crippen LogP contribution >= 0.6 is 23.2 Å². The summed E-state index contributed by atoms with van der Waals surface area (Å²) in [6, 6.07) is 18.5. The van der Waals surface area contributed by atoms with Crippen molar-refractivity contribution >= 4 is 28.9 Å². The lowest BCUT2D eigenvalue weighted by Crippen LogP contribution is -2.89. The number of nitrogens with one attached hydrogen (secondary N) is 1. The first-order valence-corrected chi connectivity index (χ1v) is 10.3. The van der Waals surface area contributed by atoms with Crippen molar-refractivity contribution in [2.75, 3.05) is 6.79 Å². The third kappa shape index (κ3) is 3.67. The van der Waals surface area contributed by atoms with Crippen LogP contribution in [0.1, 0.15) is 28.9 Å². The molecule has 0 saturated carbocycles. The highest BCUT2D eigenvalue weighted by Crippen LogP contribution is 2.36. The molecule has 0 aromatic heterocycles.